The quantitative estimate of drug-likeness (QED) is 0.731. The highest BCUT2D eigenvalue weighted by molar-refractivity contribution is 6.35. The molecule has 8 nitrogen and oxygen atoms in total. The number of amides is 3. The second kappa shape index (κ2) is 7.61. The summed E-state index contributed by atoms with van der Waals surface area (Å²) in [4.78, 5) is 39.5. The molecule has 1 aromatic heterocycles. The van der Waals surface area contributed by atoms with E-state index in [1.165, 1.54) is 16.0 Å². The molecule has 1 aliphatic heterocycles. The summed E-state index contributed by atoms with van der Waals surface area (Å²) in [7, 11) is 0. The summed E-state index contributed by atoms with van der Waals surface area (Å²) in [5.74, 6) is -4.71. The van der Waals surface area contributed by atoms with E-state index in [2.05, 4.69) is 15.5 Å². The summed E-state index contributed by atoms with van der Waals surface area (Å²) in [6, 6.07) is -0.632. The van der Waals surface area contributed by atoms with Gasteiger partial charge in [0.2, 0.25) is 5.91 Å². The van der Waals surface area contributed by atoms with Gasteiger partial charge in [0.1, 0.15) is 0 Å². The van der Waals surface area contributed by atoms with Gasteiger partial charge in [0.05, 0.1) is 18.7 Å². The molecule has 1 saturated heterocycles. The molecule has 2 heterocycles. The van der Waals surface area contributed by atoms with Crippen LogP contribution >= 0.6 is 0 Å². The van der Waals surface area contributed by atoms with Crippen molar-refractivity contribution >= 4 is 17.7 Å². The molecule has 0 aromatic carbocycles. The third-order valence-electron chi connectivity index (χ3n) is 4.80. The van der Waals surface area contributed by atoms with E-state index in [-0.39, 0.29) is 19.6 Å². The number of nitrogens with one attached hydrogen (secondary N) is 2. The molecular formula is C17H23F2N5O3. The van der Waals surface area contributed by atoms with Crippen LogP contribution in [0.15, 0.2) is 12.4 Å². The standard InChI is InChI=1S/C17H23F2N5O3/c1-17(18,19)6-14(25)24-5-4-23(10-13(24)12-8-21-22-9-12)16(27)15(26)20-7-11-2-3-11/h8-9,11,13H,2-7,10H2,1H3,(H,20,26)(H,21,22). The predicted octanol–water partition coefficient (Wildman–Crippen LogP) is 0.693. The molecule has 1 aromatic rings. The highest BCUT2D eigenvalue weighted by Gasteiger charge is 2.38. The van der Waals surface area contributed by atoms with Crippen LogP contribution in [0, 0.1) is 5.92 Å². The smallest absolute Gasteiger partial charge is 0.312 e. The van der Waals surface area contributed by atoms with Gasteiger partial charge >= 0.3 is 11.8 Å². The fraction of sp³-hybridized carbons (Fsp3) is 0.647. The summed E-state index contributed by atoms with van der Waals surface area (Å²) in [5.41, 5.74) is 0.596. The monoisotopic (exact) mass is 383 g/mol. The highest BCUT2D eigenvalue weighted by Crippen LogP contribution is 2.29. The summed E-state index contributed by atoms with van der Waals surface area (Å²) < 4.78 is 26.6. The van der Waals surface area contributed by atoms with Gasteiger partial charge in [-0.25, -0.2) is 8.78 Å². The van der Waals surface area contributed by atoms with E-state index in [4.69, 9.17) is 0 Å². The van der Waals surface area contributed by atoms with Crippen molar-refractivity contribution in [2.45, 2.75) is 38.2 Å². The van der Waals surface area contributed by atoms with Crippen LogP contribution in [0.4, 0.5) is 8.78 Å². The summed E-state index contributed by atoms with van der Waals surface area (Å²) in [5, 5.41) is 9.08. The number of aromatic nitrogens is 2. The Bertz CT molecular complexity index is 700. The first kappa shape index (κ1) is 19.2. The maximum atomic E-state index is 13.3. The van der Waals surface area contributed by atoms with Crippen LogP contribution in [-0.2, 0) is 14.4 Å². The van der Waals surface area contributed by atoms with Crippen LogP contribution < -0.4 is 5.32 Å². The number of hydrogen-bond acceptors (Lipinski definition) is 4. The number of alkyl halides is 2. The molecule has 2 N–H and O–H groups in total. The highest BCUT2D eigenvalue weighted by atomic mass is 19.3. The molecule has 0 spiro atoms. The van der Waals surface area contributed by atoms with Crippen molar-refractivity contribution in [1.29, 1.82) is 0 Å². The van der Waals surface area contributed by atoms with Crippen LogP contribution in [0.1, 0.15) is 37.8 Å². The van der Waals surface area contributed by atoms with Gasteiger partial charge in [-0.05, 0) is 25.7 Å². The average molecular weight is 383 g/mol. The summed E-state index contributed by atoms with van der Waals surface area (Å²) >= 11 is 0. The molecular weight excluding hydrogens is 360 g/mol. The second-order valence-corrected chi connectivity index (χ2v) is 7.29. The molecule has 0 radical (unpaired) electrons. The van der Waals surface area contributed by atoms with Crippen LogP contribution in [0.3, 0.4) is 0 Å². The van der Waals surface area contributed by atoms with Gasteiger partial charge in [-0.2, -0.15) is 5.10 Å². The third-order valence-corrected chi connectivity index (χ3v) is 4.80. The predicted molar refractivity (Wildman–Crippen MR) is 90.6 cm³/mol. The van der Waals surface area contributed by atoms with Crippen LogP contribution in [0.25, 0.3) is 0 Å². The number of piperazine rings is 1. The number of nitrogens with zero attached hydrogens (tertiary/aromatic N) is 3. The van der Waals surface area contributed by atoms with Gasteiger partial charge in [0.25, 0.3) is 5.92 Å². The van der Waals surface area contributed by atoms with Crippen molar-refractivity contribution in [3.63, 3.8) is 0 Å². The molecule has 0 bridgehead atoms. The third kappa shape index (κ3) is 5.01. The van der Waals surface area contributed by atoms with Crippen molar-refractivity contribution in [1.82, 2.24) is 25.3 Å². The number of carbonyl (C=O) groups is 3. The van der Waals surface area contributed by atoms with Gasteiger partial charge in [-0.1, -0.05) is 0 Å². The normalized spacial score (nSPS) is 20.5. The van der Waals surface area contributed by atoms with Gasteiger partial charge in [-0.3, -0.25) is 19.5 Å². The molecule has 10 heteroatoms. The Hall–Kier alpha value is -2.52. The first-order valence-corrected chi connectivity index (χ1v) is 8.97. The molecule has 3 amide bonds. The SMILES string of the molecule is CC(F)(F)CC(=O)N1CCN(C(=O)C(=O)NCC2CC2)CC1c1cn[nH]c1. The summed E-state index contributed by atoms with van der Waals surface area (Å²) in [6.07, 6.45) is 4.24. The van der Waals surface area contributed by atoms with Gasteiger partial charge in [0, 0.05) is 37.9 Å². The first-order valence-electron chi connectivity index (χ1n) is 8.97. The zero-order valence-electron chi connectivity index (χ0n) is 15.1. The molecule has 2 aliphatic rings. The number of rotatable bonds is 5. The molecule has 1 atom stereocenters. The van der Waals surface area contributed by atoms with E-state index >= 15 is 0 Å². The Balaban J connectivity index is 1.68. The van der Waals surface area contributed by atoms with Crippen molar-refractivity contribution < 1.29 is 23.2 Å². The second-order valence-electron chi connectivity index (χ2n) is 7.29. The van der Waals surface area contributed by atoms with Crippen LogP contribution in [-0.4, -0.2) is 69.8 Å². The topological polar surface area (TPSA) is 98.4 Å². The minimum atomic E-state index is -3.12. The number of hydrogen-bond donors (Lipinski definition) is 2. The molecule has 148 valence electrons. The van der Waals surface area contributed by atoms with E-state index < -0.39 is 36.1 Å². The zero-order chi connectivity index (χ0) is 19.6. The van der Waals surface area contributed by atoms with Crippen molar-refractivity contribution in [2.75, 3.05) is 26.2 Å². The van der Waals surface area contributed by atoms with Crippen LogP contribution in [0.2, 0.25) is 0 Å². The zero-order valence-corrected chi connectivity index (χ0v) is 15.1. The number of halogens is 2. The van der Waals surface area contributed by atoms with Crippen molar-refractivity contribution in [3.8, 4) is 0 Å². The molecule has 1 aliphatic carbocycles. The fourth-order valence-electron chi connectivity index (χ4n) is 3.14. The molecule has 2 fully saturated rings. The lowest BCUT2D eigenvalue weighted by Crippen LogP contribution is -2.55. The summed E-state index contributed by atoms with van der Waals surface area (Å²) in [6.45, 7) is 1.43. The largest absolute Gasteiger partial charge is 0.348 e. The Labute approximate surface area is 155 Å². The molecule has 1 unspecified atom stereocenters. The lowest BCUT2D eigenvalue weighted by atomic mass is 10.0. The maximum absolute atomic E-state index is 13.3. The Morgan fingerprint density at radius 3 is 2.67 bits per heavy atom. The lowest BCUT2D eigenvalue weighted by molar-refractivity contribution is -0.152. The van der Waals surface area contributed by atoms with Gasteiger partial charge in [0.15, 0.2) is 0 Å². The van der Waals surface area contributed by atoms with E-state index in [0.717, 1.165) is 12.8 Å². The van der Waals surface area contributed by atoms with E-state index in [0.29, 0.717) is 24.9 Å². The van der Waals surface area contributed by atoms with Crippen LogP contribution in [0.5, 0.6) is 0 Å². The van der Waals surface area contributed by atoms with Gasteiger partial charge in [-0.15, -0.1) is 0 Å². The Kier molecular flexibility index (Phi) is 5.43. The average Bonchev–Trinajstić information content (AvgIpc) is 3.28. The molecule has 27 heavy (non-hydrogen) atoms. The minimum Gasteiger partial charge on any atom is -0.348 e. The molecule has 1 saturated carbocycles. The van der Waals surface area contributed by atoms with Crippen molar-refractivity contribution in [3.05, 3.63) is 18.0 Å². The van der Waals surface area contributed by atoms with Gasteiger partial charge < -0.3 is 15.1 Å². The number of H-pyrrole nitrogens is 1. The minimum absolute atomic E-state index is 0.0518. The Morgan fingerprint density at radius 1 is 1.33 bits per heavy atom. The fourth-order valence-corrected chi connectivity index (χ4v) is 3.14. The number of aromatic amines is 1. The molecule has 3 rings (SSSR count). The van der Waals surface area contributed by atoms with E-state index in [9.17, 15) is 23.2 Å². The number of carbonyl (C=O) groups excluding carboxylic acids is 3. The Morgan fingerprint density at radius 2 is 2.07 bits per heavy atom. The maximum Gasteiger partial charge on any atom is 0.312 e. The van der Waals surface area contributed by atoms with Crippen molar-refractivity contribution in [2.24, 2.45) is 5.92 Å². The van der Waals surface area contributed by atoms with E-state index in [1.807, 2.05) is 0 Å². The van der Waals surface area contributed by atoms with E-state index in [1.54, 1.807) is 6.20 Å². The lowest BCUT2D eigenvalue weighted by Gasteiger charge is -2.41. The first-order chi connectivity index (χ1) is 12.7.